The summed E-state index contributed by atoms with van der Waals surface area (Å²) in [7, 11) is 1.67. The molecule has 2 heterocycles. The van der Waals surface area contributed by atoms with Crippen molar-refractivity contribution in [3.05, 3.63) is 35.5 Å². The number of rotatable bonds is 12. The minimum atomic E-state index is -0.0166. The lowest BCUT2D eigenvalue weighted by atomic mass is 10.2. The number of carbonyl (C=O) groups is 1. The van der Waals surface area contributed by atoms with Crippen LogP contribution in [0.4, 0.5) is 11.5 Å². The molecule has 1 aromatic heterocycles. The van der Waals surface area contributed by atoms with Crippen molar-refractivity contribution in [1.29, 1.82) is 0 Å². The maximum atomic E-state index is 12.1. The number of methoxy groups -OCH3 is 1. The zero-order valence-corrected chi connectivity index (χ0v) is 20.7. The molecule has 1 amide bonds. The number of nitrogens with one attached hydrogen (secondary N) is 1. The van der Waals surface area contributed by atoms with Crippen molar-refractivity contribution >= 4 is 40.8 Å². The van der Waals surface area contributed by atoms with Crippen LogP contribution in [-0.4, -0.2) is 68.0 Å². The van der Waals surface area contributed by atoms with Gasteiger partial charge in [-0.05, 0) is 43.7 Å². The van der Waals surface area contributed by atoms with Crippen molar-refractivity contribution in [2.45, 2.75) is 30.8 Å². The van der Waals surface area contributed by atoms with Crippen molar-refractivity contribution in [3.8, 4) is 5.75 Å². The Morgan fingerprint density at radius 2 is 1.79 bits per heavy atom. The van der Waals surface area contributed by atoms with E-state index >= 15 is 0 Å². The number of benzene rings is 1. The smallest absolute Gasteiger partial charge is 0.230 e. The second kappa shape index (κ2) is 13.5. The first-order valence-corrected chi connectivity index (χ1v) is 12.7. The zero-order chi connectivity index (χ0) is 23.5. The number of unbranched alkanes of at least 4 members (excludes halogenated alkanes) is 3. The lowest BCUT2D eigenvalue weighted by Crippen LogP contribution is -2.46. The number of ether oxygens (including phenoxy) is 1. The third kappa shape index (κ3) is 8.24. The third-order valence-electron chi connectivity index (χ3n) is 5.49. The van der Waals surface area contributed by atoms with Gasteiger partial charge in [-0.2, -0.15) is 0 Å². The second-order valence-corrected chi connectivity index (χ2v) is 9.17. The van der Waals surface area contributed by atoms with Gasteiger partial charge < -0.3 is 25.6 Å². The standard InChI is InChI=1S/C23H33ClN6O2S/c1-32-19-8-6-18(7-9-19)29-12-14-30(15-13-29)21-16-20(24)27-23(28-21)33-17-22(31)26-11-5-3-2-4-10-25/h6-9,16H,2-5,10-15,17,25H2,1H3,(H,26,31). The van der Waals surface area contributed by atoms with E-state index in [2.05, 4.69) is 37.2 Å². The summed E-state index contributed by atoms with van der Waals surface area (Å²) in [6.45, 7) is 4.82. The zero-order valence-electron chi connectivity index (χ0n) is 19.1. The minimum Gasteiger partial charge on any atom is -0.497 e. The fourth-order valence-electron chi connectivity index (χ4n) is 3.63. The Labute approximate surface area is 205 Å². The van der Waals surface area contributed by atoms with Crippen molar-refractivity contribution in [2.24, 2.45) is 5.73 Å². The Kier molecular flexibility index (Phi) is 10.4. The largest absolute Gasteiger partial charge is 0.497 e. The van der Waals surface area contributed by atoms with Gasteiger partial charge in [0.05, 0.1) is 12.9 Å². The van der Waals surface area contributed by atoms with Gasteiger partial charge in [-0.3, -0.25) is 4.79 Å². The number of nitrogens with two attached hydrogens (primary N) is 1. The number of carbonyl (C=O) groups excluding carboxylic acids is 1. The molecule has 0 spiro atoms. The first kappa shape index (κ1) is 25.4. The van der Waals surface area contributed by atoms with Crippen LogP contribution in [0.5, 0.6) is 5.75 Å². The van der Waals surface area contributed by atoms with Crippen LogP contribution in [-0.2, 0) is 4.79 Å². The molecule has 0 radical (unpaired) electrons. The van der Waals surface area contributed by atoms with Crippen LogP contribution in [0.1, 0.15) is 25.7 Å². The molecule has 180 valence electrons. The summed E-state index contributed by atoms with van der Waals surface area (Å²) in [5, 5.41) is 3.86. The molecule has 1 aliphatic rings. The average molecular weight is 493 g/mol. The van der Waals surface area contributed by atoms with Crippen molar-refractivity contribution in [1.82, 2.24) is 15.3 Å². The van der Waals surface area contributed by atoms with Gasteiger partial charge in [0.1, 0.15) is 16.7 Å². The summed E-state index contributed by atoms with van der Waals surface area (Å²) in [6.07, 6.45) is 4.19. The molecule has 1 aliphatic heterocycles. The molecule has 0 atom stereocenters. The quantitative estimate of drug-likeness (QED) is 0.202. The Balaban J connectivity index is 1.46. The fraction of sp³-hybridized carbons (Fsp3) is 0.522. The maximum absolute atomic E-state index is 12.1. The SMILES string of the molecule is COc1ccc(N2CCN(c3cc(Cl)nc(SCC(=O)NCCCCCCN)n3)CC2)cc1. The summed E-state index contributed by atoms with van der Waals surface area (Å²) < 4.78 is 5.24. The number of nitrogens with zero attached hydrogens (tertiary/aromatic N) is 4. The monoisotopic (exact) mass is 492 g/mol. The van der Waals surface area contributed by atoms with E-state index in [1.807, 2.05) is 12.1 Å². The van der Waals surface area contributed by atoms with Gasteiger partial charge >= 0.3 is 0 Å². The van der Waals surface area contributed by atoms with Crippen molar-refractivity contribution in [2.75, 3.05) is 61.9 Å². The van der Waals surface area contributed by atoms with Crippen LogP contribution in [0.3, 0.4) is 0 Å². The predicted octanol–water partition coefficient (Wildman–Crippen LogP) is 3.19. The summed E-state index contributed by atoms with van der Waals surface area (Å²) in [5.74, 6) is 1.91. The topological polar surface area (TPSA) is 96.6 Å². The summed E-state index contributed by atoms with van der Waals surface area (Å²) >= 11 is 7.57. The van der Waals surface area contributed by atoms with Crippen LogP contribution in [0.15, 0.2) is 35.5 Å². The molecular weight excluding hydrogens is 460 g/mol. The Hall–Kier alpha value is -2.23. The highest BCUT2D eigenvalue weighted by atomic mass is 35.5. The van der Waals surface area contributed by atoms with Crippen LogP contribution in [0, 0.1) is 0 Å². The van der Waals surface area contributed by atoms with Crippen LogP contribution < -0.4 is 25.6 Å². The van der Waals surface area contributed by atoms with Gasteiger partial charge in [0, 0.05) is 44.5 Å². The van der Waals surface area contributed by atoms with Crippen LogP contribution in [0.2, 0.25) is 5.15 Å². The van der Waals surface area contributed by atoms with E-state index in [1.165, 1.54) is 17.4 Å². The maximum Gasteiger partial charge on any atom is 0.230 e. The van der Waals surface area contributed by atoms with E-state index < -0.39 is 0 Å². The van der Waals surface area contributed by atoms with E-state index in [-0.39, 0.29) is 11.7 Å². The Bertz CT molecular complexity index is 878. The van der Waals surface area contributed by atoms with Crippen molar-refractivity contribution < 1.29 is 9.53 Å². The highest BCUT2D eigenvalue weighted by molar-refractivity contribution is 7.99. The highest BCUT2D eigenvalue weighted by Gasteiger charge is 2.20. The molecule has 3 N–H and O–H groups in total. The number of aromatic nitrogens is 2. The molecule has 8 nitrogen and oxygen atoms in total. The second-order valence-electron chi connectivity index (χ2n) is 7.85. The normalized spacial score (nSPS) is 13.8. The Morgan fingerprint density at radius 1 is 1.09 bits per heavy atom. The molecule has 0 aliphatic carbocycles. The molecule has 1 saturated heterocycles. The van der Waals surface area contributed by atoms with E-state index in [4.69, 9.17) is 22.1 Å². The first-order valence-electron chi connectivity index (χ1n) is 11.4. The summed E-state index contributed by atoms with van der Waals surface area (Å²) in [4.78, 5) is 25.6. The summed E-state index contributed by atoms with van der Waals surface area (Å²) in [5.41, 5.74) is 6.67. The van der Waals surface area contributed by atoms with E-state index in [9.17, 15) is 4.79 Å². The minimum absolute atomic E-state index is 0.0166. The molecule has 2 aromatic rings. The average Bonchev–Trinajstić information content (AvgIpc) is 2.85. The molecule has 1 fully saturated rings. The number of halogens is 1. The Morgan fingerprint density at radius 3 is 2.48 bits per heavy atom. The number of hydrogen-bond acceptors (Lipinski definition) is 8. The van der Waals surface area contributed by atoms with Crippen LogP contribution in [0.25, 0.3) is 0 Å². The van der Waals surface area contributed by atoms with Gasteiger partial charge in [0.25, 0.3) is 0 Å². The fourth-order valence-corrected chi connectivity index (χ4v) is 4.54. The molecule has 10 heteroatoms. The highest BCUT2D eigenvalue weighted by Crippen LogP contribution is 2.25. The summed E-state index contributed by atoms with van der Waals surface area (Å²) in [6, 6.07) is 9.91. The number of thioether (sulfide) groups is 1. The van der Waals surface area contributed by atoms with Gasteiger partial charge in [-0.1, -0.05) is 36.2 Å². The van der Waals surface area contributed by atoms with Gasteiger partial charge in [0.15, 0.2) is 5.16 Å². The third-order valence-corrected chi connectivity index (χ3v) is 6.53. The predicted molar refractivity (Wildman–Crippen MR) is 136 cm³/mol. The van der Waals surface area contributed by atoms with E-state index in [1.54, 1.807) is 13.2 Å². The van der Waals surface area contributed by atoms with Crippen molar-refractivity contribution in [3.63, 3.8) is 0 Å². The van der Waals surface area contributed by atoms with E-state index in [0.29, 0.717) is 16.9 Å². The number of hydrogen-bond donors (Lipinski definition) is 2. The molecule has 0 unspecified atom stereocenters. The molecule has 33 heavy (non-hydrogen) atoms. The molecule has 3 rings (SSSR count). The molecule has 1 aromatic carbocycles. The first-order chi connectivity index (χ1) is 16.1. The number of anilines is 2. The molecular formula is C23H33ClN6O2S. The number of piperazine rings is 1. The lowest BCUT2D eigenvalue weighted by molar-refractivity contribution is -0.118. The van der Waals surface area contributed by atoms with Crippen LogP contribution >= 0.6 is 23.4 Å². The molecule has 0 saturated carbocycles. The van der Waals surface area contributed by atoms with Gasteiger partial charge in [-0.25, -0.2) is 9.97 Å². The lowest BCUT2D eigenvalue weighted by Gasteiger charge is -2.36. The van der Waals surface area contributed by atoms with E-state index in [0.717, 1.165) is 70.0 Å². The van der Waals surface area contributed by atoms with Gasteiger partial charge in [0.2, 0.25) is 5.91 Å². The number of amides is 1. The molecule has 0 bridgehead atoms. The van der Waals surface area contributed by atoms with Gasteiger partial charge in [-0.15, -0.1) is 0 Å².